The van der Waals surface area contributed by atoms with E-state index in [1.807, 2.05) is 0 Å². The molecule has 2 N–H and O–H groups in total. The summed E-state index contributed by atoms with van der Waals surface area (Å²) < 4.78 is 0. The molecule has 0 spiro atoms. The fourth-order valence-corrected chi connectivity index (χ4v) is 2.71. The molecule has 94 valence electrons. The van der Waals surface area contributed by atoms with Crippen molar-refractivity contribution in [1.82, 2.24) is 9.88 Å². The van der Waals surface area contributed by atoms with Gasteiger partial charge in [-0.3, -0.25) is 0 Å². The van der Waals surface area contributed by atoms with E-state index in [1.54, 1.807) is 5.51 Å². The van der Waals surface area contributed by atoms with E-state index < -0.39 is 5.97 Å². The highest BCUT2D eigenvalue weighted by molar-refractivity contribution is 7.14. The Kier molecular flexibility index (Phi) is 3.96. The van der Waals surface area contributed by atoms with E-state index in [0.717, 1.165) is 19.6 Å². The van der Waals surface area contributed by atoms with E-state index in [2.05, 4.69) is 22.2 Å². The lowest BCUT2D eigenvalue weighted by Gasteiger charge is -2.29. The van der Waals surface area contributed by atoms with E-state index in [4.69, 9.17) is 5.11 Å². The fraction of sp³-hybridized carbons (Fsp3) is 0.636. The molecule has 2 rings (SSSR count). The number of nitrogens with zero attached hydrogens (tertiary/aromatic N) is 2. The molecule has 1 aromatic heterocycles. The lowest BCUT2D eigenvalue weighted by atomic mass is 9.97. The number of likely N-dealkylation sites (tertiary alicyclic amines) is 1. The molecule has 1 fully saturated rings. The average Bonchev–Trinajstić information content (AvgIpc) is 2.76. The third kappa shape index (κ3) is 3.17. The first-order valence-electron chi connectivity index (χ1n) is 5.76. The lowest BCUT2D eigenvalue weighted by molar-refractivity contribution is 0.0692. The highest BCUT2D eigenvalue weighted by atomic mass is 32.1. The number of piperidine rings is 1. The van der Waals surface area contributed by atoms with Crippen LogP contribution in [-0.2, 0) is 0 Å². The number of aromatic nitrogens is 1. The number of rotatable bonds is 4. The molecule has 0 radical (unpaired) electrons. The van der Waals surface area contributed by atoms with E-state index in [1.165, 1.54) is 24.2 Å². The second-order valence-corrected chi connectivity index (χ2v) is 5.32. The number of carboxylic acids is 1. The minimum Gasteiger partial charge on any atom is -0.476 e. The van der Waals surface area contributed by atoms with Gasteiger partial charge < -0.3 is 15.3 Å². The van der Waals surface area contributed by atoms with E-state index >= 15 is 0 Å². The maximum Gasteiger partial charge on any atom is 0.357 e. The summed E-state index contributed by atoms with van der Waals surface area (Å²) in [6, 6.07) is 0. The summed E-state index contributed by atoms with van der Waals surface area (Å²) in [5, 5.41) is 12.8. The number of thiazole rings is 1. The van der Waals surface area contributed by atoms with Gasteiger partial charge in [0.05, 0.1) is 5.51 Å². The Labute approximate surface area is 104 Å². The van der Waals surface area contributed by atoms with Gasteiger partial charge in [0.25, 0.3) is 0 Å². The predicted octanol–water partition coefficient (Wildman–Crippen LogP) is 1.59. The second kappa shape index (κ2) is 5.46. The van der Waals surface area contributed by atoms with Crippen molar-refractivity contribution in [3.8, 4) is 0 Å². The van der Waals surface area contributed by atoms with Crippen LogP contribution in [-0.4, -0.2) is 47.6 Å². The molecular weight excluding hydrogens is 238 g/mol. The van der Waals surface area contributed by atoms with Gasteiger partial charge in [-0.2, -0.15) is 0 Å². The average molecular weight is 255 g/mol. The zero-order valence-electron chi connectivity index (χ0n) is 9.85. The van der Waals surface area contributed by atoms with Crippen molar-refractivity contribution in [1.29, 1.82) is 0 Å². The van der Waals surface area contributed by atoms with Crippen LogP contribution in [0.4, 0.5) is 5.00 Å². The first-order chi connectivity index (χ1) is 8.16. The zero-order chi connectivity index (χ0) is 12.3. The largest absolute Gasteiger partial charge is 0.476 e. The van der Waals surface area contributed by atoms with Crippen molar-refractivity contribution in [3.05, 3.63) is 11.2 Å². The van der Waals surface area contributed by atoms with Gasteiger partial charge in [0, 0.05) is 6.54 Å². The van der Waals surface area contributed by atoms with Crippen LogP contribution >= 0.6 is 11.3 Å². The summed E-state index contributed by atoms with van der Waals surface area (Å²) in [4.78, 5) is 17.0. The molecule has 0 bridgehead atoms. The van der Waals surface area contributed by atoms with Crippen LogP contribution < -0.4 is 5.32 Å². The Bertz CT molecular complexity index is 386. The number of hydrogen-bond donors (Lipinski definition) is 2. The van der Waals surface area contributed by atoms with Crippen molar-refractivity contribution in [3.63, 3.8) is 0 Å². The summed E-state index contributed by atoms with van der Waals surface area (Å²) in [7, 11) is 2.13. The second-order valence-electron chi connectivity index (χ2n) is 4.46. The van der Waals surface area contributed by atoms with Gasteiger partial charge in [0.1, 0.15) is 5.00 Å². The van der Waals surface area contributed by atoms with Gasteiger partial charge in [-0.05, 0) is 38.9 Å². The van der Waals surface area contributed by atoms with Crippen molar-refractivity contribution < 1.29 is 9.90 Å². The molecule has 1 aliphatic rings. The van der Waals surface area contributed by atoms with Crippen LogP contribution in [0.25, 0.3) is 0 Å². The molecular formula is C11H17N3O2S. The lowest BCUT2D eigenvalue weighted by Crippen LogP contribution is -2.33. The molecule has 5 nitrogen and oxygen atoms in total. The highest BCUT2D eigenvalue weighted by Gasteiger charge is 2.18. The third-order valence-electron chi connectivity index (χ3n) is 3.16. The van der Waals surface area contributed by atoms with Crippen molar-refractivity contribution >= 4 is 22.3 Å². The Morgan fingerprint density at radius 2 is 2.35 bits per heavy atom. The zero-order valence-corrected chi connectivity index (χ0v) is 10.7. The minimum atomic E-state index is -0.961. The quantitative estimate of drug-likeness (QED) is 0.855. The molecule has 6 heteroatoms. The molecule has 0 amide bonds. The number of hydrogen-bond acceptors (Lipinski definition) is 5. The van der Waals surface area contributed by atoms with Gasteiger partial charge in [0.2, 0.25) is 0 Å². The maximum absolute atomic E-state index is 10.9. The smallest absolute Gasteiger partial charge is 0.357 e. The summed E-state index contributed by atoms with van der Waals surface area (Å²) in [5.74, 6) is -0.327. The summed E-state index contributed by atoms with van der Waals surface area (Å²) in [5.41, 5.74) is 1.71. The normalized spacial score (nSPS) is 18.2. The highest BCUT2D eigenvalue weighted by Crippen LogP contribution is 2.22. The Hall–Kier alpha value is -1.14. The van der Waals surface area contributed by atoms with E-state index in [0.29, 0.717) is 10.9 Å². The van der Waals surface area contributed by atoms with Gasteiger partial charge >= 0.3 is 5.97 Å². The van der Waals surface area contributed by atoms with Gasteiger partial charge in [0.15, 0.2) is 5.69 Å². The van der Waals surface area contributed by atoms with Crippen molar-refractivity contribution in [2.24, 2.45) is 5.92 Å². The molecule has 1 saturated heterocycles. The topological polar surface area (TPSA) is 65.5 Å². The van der Waals surface area contributed by atoms with Crippen LogP contribution in [0.5, 0.6) is 0 Å². The number of carbonyl (C=O) groups is 1. The van der Waals surface area contributed by atoms with Crippen LogP contribution in [0.3, 0.4) is 0 Å². The van der Waals surface area contributed by atoms with Crippen molar-refractivity contribution in [2.45, 2.75) is 12.8 Å². The molecule has 2 heterocycles. The van der Waals surface area contributed by atoms with E-state index in [9.17, 15) is 4.79 Å². The maximum atomic E-state index is 10.9. The van der Waals surface area contributed by atoms with Crippen molar-refractivity contribution in [2.75, 3.05) is 32.0 Å². The first-order valence-corrected chi connectivity index (χ1v) is 6.64. The molecule has 1 aliphatic heterocycles. The number of nitrogens with one attached hydrogen (secondary N) is 1. The van der Waals surface area contributed by atoms with Crippen LogP contribution in [0, 0.1) is 5.92 Å². The molecule has 17 heavy (non-hydrogen) atoms. The van der Waals surface area contributed by atoms with Crippen LogP contribution in [0.15, 0.2) is 5.51 Å². The Balaban J connectivity index is 1.85. The summed E-state index contributed by atoms with van der Waals surface area (Å²) >= 11 is 1.35. The minimum absolute atomic E-state index is 0.142. The number of aromatic carboxylic acids is 1. The molecule has 0 unspecified atom stereocenters. The molecule has 1 aromatic rings. The van der Waals surface area contributed by atoms with Crippen LogP contribution in [0.2, 0.25) is 0 Å². The van der Waals surface area contributed by atoms with E-state index in [-0.39, 0.29) is 5.69 Å². The van der Waals surface area contributed by atoms with Gasteiger partial charge in [-0.25, -0.2) is 9.78 Å². The number of anilines is 1. The van der Waals surface area contributed by atoms with Gasteiger partial charge in [-0.1, -0.05) is 0 Å². The summed E-state index contributed by atoms with van der Waals surface area (Å²) in [6.07, 6.45) is 2.34. The Morgan fingerprint density at radius 1 is 1.65 bits per heavy atom. The fourth-order valence-electron chi connectivity index (χ4n) is 2.03. The third-order valence-corrected chi connectivity index (χ3v) is 3.94. The standard InChI is InChI=1S/C11H17N3O2S/c1-14-4-2-8(3-5-14)6-12-10-9(11(15)16)13-7-17-10/h7-8,12H,2-6H2,1H3,(H,15,16). The number of carboxylic acid groups (broad SMARTS) is 1. The van der Waals surface area contributed by atoms with Gasteiger partial charge in [-0.15, -0.1) is 11.3 Å². The Morgan fingerprint density at radius 3 is 3.00 bits per heavy atom. The molecule has 0 aromatic carbocycles. The molecule has 0 aliphatic carbocycles. The molecule has 0 saturated carbocycles. The predicted molar refractivity (Wildman–Crippen MR) is 67.8 cm³/mol. The summed E-state index contributed by atoms with van der Waals surface area (Å²) in [6.45, 7) is 3.10. The van der Waals surface area contributed by atoms with Crippen LogP contribution in [0.1, 0.15) is 23.3 Å². The molecule has 0 atom stereocenters. The first kappa shape index (κ1) is 12.3. The SMILES string of the molecule is CN1CCC(CNc2scnc2C(=O)O)CC1. The monoisotopic (exact) mass is 255 g/mol.